The summed E-state index contributed by atoms with van der Waals surface area (Å²) in [6.45, 7) is 0. The second kappa shape index (κ2) is 9.10. The van der Waals surface area contributed by atoms with Gasteiger partial charge in [-0.05, 0) is 29.8 Å². The van der Waals surface area contributed by atoms with Gasteiger partial charge in [-0.2, -0.15) is 0 Å². The second-order valence-electron chi connectivity index (χ2n) is 3.66. The van der Waals surface area contributed by atoms with E-state index in [2.05, 4.69) is 0 Å². The van der Waals surface area contributed by atoms with Gasteiger partial charge in [0.1, 0.15) is 5.75 Å². The molecule has 0 radical (unpaired) electrons. The van der Waals surface area contributed by atoms with Gasteiger partial charge in [-0.15, -0.1) is 0 Å². The molecule has 0 spiro atoms. The molecule has 1 aliphatic rings. The van der Waals surface area contributed by atoms with Crippen LogP contribution in [0.2, 0.25) is 0 Å². The Bertz CT molecular complexity index is 727. The molecule has 0 fully saturated rings. The van der Waals surface area contributed by atoms with Gasteiger partial charge in [-0.3, -0.25) is 18.9 Å². The van der Waals surface area contributed by atoms with Crippen molar-refractivity contribution in [1.29, 1.82) is 0 Å². The number of phenolic OH excluding ortho intramolecular Hbond substituents is 1. The Labute approximate surface area is 133 Å². The fourth-order valence-corrected chi connectivity index (χ4v) is 1.60. The van der Waals surface area contributed by atoms with Gasteiger partial charge in [0.15, 0.2) is 11.5 Å². The first-order chi connectivity index (χ1) is 10.5. The topological polar surface area (TPSA) is 130 Å². The van der Waals surface area contributed by atoms with E-state index in [1.807, 2.05) is 30.3 Å². The van der Waals surface area contributed by atoms with Crippen molar-refractivity contribution >= 4 is 7.91 Å². The fourth-order valence-electron chi connectivity index (χ4n) is 1.60. The summed E-state index contributed by atoms with van der Waals surface area (Å²) in [5.41, 5.74) is 1.94. The molecule has 1 N–H and O–H groups in total. The van der Waals surface area contributed by atoms with Crippen molar-refractivity contribution in [1.82, 2.24) is 0 Å². The first-order valence-corrected chi connectivity index (χ1v) is 8.98. The summed E-state index contributed by atoms with van der Waals surface area (Å²) < 4.78 is 34.0. The van der Waals surface area contributed by atoms with Gasteiger partial charge in [0.05, 0.1) is 0 Å². The fraction of sp³-hybridized carbons (Fsp3) is 0. The van der Waals surface area contributed by atoms with Crippen molar-refractivity contribution in [2.75, 3.05) is 0 Å². The SMILES string of the molecule is O=P(=O)[O-].Oc1ccc(-c2ccc3cc2OO3)cc1.[O]=[W]=[O]. The number of hydrogen-bond acceptors (Lipinski definition) is 8. The van der Waals surface area contributed by atoms with Crippen molar-refractivity contribution in [2.45, 2.75) is 0 Å². The summed E-state index contributed by atoms with van der Waals surface area (Å²) in [5, 5.41) is 9.18. The van der Waals surface area contributed by atoms with Crippen molar-refractivity contribution in [3.8, 4) is 28.4 Å². The number of hydrogen-bond donors (Lipinski definition) is 1. The van der Waals surface area contributed by atoms with E-state index in [4.69, 9.17) is 30.6 Å². The van der Waals surface area contributed by atoms with E-state index in [-0.39, 0.29) is 5.75 Å². The van der Waals surface area contributed by atoms with Gasteiger partial charge in [-0.1, -0.05) is 12.1 Å². The maximum absolute atomic E-state index is 9.18. The minimum atomic E-state index is -3.37. The molecule has 0 aromatic heterocycles. The predicted octanol–water partition coefficient (Wildman–Crippen LogP) is 1.94. The quantitative estimate of drug-likeness (QED) is 0.470. The molecule has 1 heterocycles. The summed E-state index contributed by atoms with van der Waals surface area (Å²) in [5.74, 6) is 1.68. The molecule has 116 valence electrons. The molecular weight excluding hydrogens is 487 g/mol. The summed E-state index contributed by atoms with van der Waals surface area (Å²) >= 11 is -2.25. The number of aromatic hydroxyl groups is 1. The molecule has 0 saturated carbocycles. The van der Waals surface area contributed by atoms with E-state index in [9.17, 15) is 5.11 Å². The van der Waals surface area contributed by atoms with Crippen LogP contribution in [0.25, 0.3) is 11.1 Å². The summed E-state index contributed by atoms with van der Waals surface area (Å²) in [6.07, 6.45) is 0. The first kappa shape index (κ1) is 18.0. The van der Waals surface area contributed by atoms with Crippen molar-refractivity contribution in [3.05, 3.63) is 42.5 Å². The van der Waals surface area contributed by atoms with Crippen LogP contribution < -0.4 is 14.7 Å². The van der Waals surface area contributed by atoms with Crippen LogP contribution in [0.3, 0.4) is 0 Å². The monoisotopic (exact) mass is 495 g/mol. The zero-order chi connectivity index (χ0) is 16.5. The van der Waals surface area contributed by atoms with Crippen molar-refractivity contribution in [3.63, 3.8) is 0 Å². The molecule has 2 bridgehead atoms. The predicted molar refractivity (Wildman–Crippen MR) is 64.5 cm³/mol. The average Bonchev–Trinajstić information content (AvgIpc) is 2.82. The van der Waals surface area contributed by atoms with E-state index in [0.717, 1.165) is 11.1 Å². The summed E-state index contributed by atoms with van der Waals surface area (Å²) in [4.78, 5) is 18.4. The van der Waals surface area contributed by atoms with Crippen molar-refractivity contribution < 1.29 is 54.2 Å². The van der Waals surface area contributed by atoms with Crippen LogP contribution >= 0.6 is 7.91 Å². The Morgan fingerprint density at radius 1 is 1.00 bits per heavy atom. The third kappa shape index (κ3) is 5.77. The third-order valence-electron chi connectivity index (χ3n) is 2.36. The number of phenols is 1. The van der Waals surface area contributed by atoms with E-state index < -0.39 is 26.4 Å². The molecule has 0 aliphatic carbocycles. The van der Waals surface area contributed by atoms with Crippen LogP contribution in [0.4, 0.5) is 0 Å². The van der Waals surface area contributed by atoms with Crippen LogP contribution in [0.5, 0.6) is 17.2 Å². The van der Waals surface area contributed by atoms with Gasteiger partial charge in [0.2, 0.25) is 7.91 Å². The molecule has 0 amide bonds. The molecule has 2 aromatic carbocycles. The Morgan fingerprint density at radius 2 is 1.55 bits per heavy atom. The van der Waals surface area contributed by atoms with E-state index >= 15 is 0 Å². The molecule has 22 heavy (non-hydrogen) atoms. The maximum atomic E-state index is 9.18. The van der Waals surface area contributed by atoms with Gasteiger partial charge in [-0.25, -0.2) is 0 Å². The zero-order valence-corrected chi connectivity index (χ0v) is 14.5. The van der Waals surface area contributed by atoms with Crippen LogP contribution in [-0.2, 0) is 34.4 Å². The van der Waals surface area contributed by atoms with E-state index in [0.29, 0.717) is 11.5 Å². The Morgan fingerprint density at radius 3 is 2.09 bits per heavy atom. The molecule has 3 rings (SSSR count). The van der Waals surface area contributed by atoms with Crippen LogP contribution in [0, 0.1) is 0 Å². The summed E-state index contributed by atoms with van der Waals surface area (Å²) in [6, 6.07) is 12.6. The van der Waals surface area contributed by atoms with Gasteiger partial charge in [0.25, 0.3) is 0 Å². The van der Waals surface area contributed by atoms with Crippen LogP contribution in [0.1, 0.15) is 0 Å². The zero-order valence-electron chi connectivity index (χ0n) is 10.7. The Hall–Kier alpha value is -2.01. The van der Waals surface area contributed by atoms with Crippen LogP contribution in [-0.4, -0.2) is 5.11 Å². The molecule has 8 nitrogen and oxygen atoms in total. The molecule has 0 atom stereocenters. The molecule has 0 unspecified atom stereocenters. The minimum absolute atomic E-state index is 0.254. The molecule has 10 heteroatoms. The Balaban J connectivity index is 0.000000297. The number of benzene rings is 2. The third-order valence-corrected chi connectivity index (χ3v) is 2.36. The molecule has 0 saturated heterocycles. The average molecular weight is 495 g/mol. The molecule has 1 aliphatic heterocycles. The van der Waals surface area contributed by atoms with Gasteiger partial charge >= 0.3 is 25.3 Å². The van der Waals surface area contributed by atoms with E-state index in [1.54, 1.807) is 12.1 Å². The summed E-state index contributed by atoms with van der Waals surface area (Å²) in [7, 11) is -3.37. The molecular formula is C12H8O8PW-. The number of rotatable bonds is 1. The Kier molecular flexibility index (Phi) is 7.46. The van der Waals surface area contributed by atoms with Gasteiger partial charge in [0, 0.05) is 11.6 Å². The standard InChI is InChI=1S/C12H8O3.HO3P.2O.W/c13-9-3-1-8(2-4-9)11-6-5-10-7-12(11)15-14-10;1-4(2)3;;;/h1-7,13H;(H,1,2,3);;;/p-1. The first-order valence-electron chi connectivity index (χ1n) is 5.49. The van der Waals surface area contributed by atoms with E-state index in [1.165, 1.54) is 0 Å². The van der Waals surface area contributed by atoms with Crippen LogP contribution in [0.15, 0.2) is 42.5 Å². The number of fused-ring (bicyclic) bond motifs is 2. The second-order valence-corrected chi connectivity index (χ2v) is 4.60. The van der Waals surface area contributed by atoms with Gasteiger partial charge < -0.3 is 10.00 Å². The van der Waals surface area contributed by atoms with Crippen molar-refractivity contribution in [2.24, 2.45) is 0 Å². The normalized spacial score (nSPS) is 9.86. The molecule has 2 aromatic rings.